The van der Waals surface area contributed by atoms with Crippen LogP contribution < -0.4 is 5.32 Å². The third kappa shape index (κ3) is 6.75. The van der Waals surface area contributed by atoms with Gasteiger partial charge in [-0.15, -0.1) is 0 Å². The first kappa shape index (κ1) is 31.8. The molecular weight excluding hydrogens is 615 g/mol. The largest absolute Gasteiger partial charge is 0.362 e. The van der Waals surface area contributed by atoms with Crippen molar-refractivity contribution >= 4 is 16.8 Å². The fraction of sp³-hybridized carbons (Fsp3) is 0.0400. The highest BCUT2D eigenvalue weighted by Gasteiger charge is 2.22. The zero-order chi connectivity index (χ0) is 34.4. The van der Waals surface area contributed by atoms with Crippen molar-refractivity contribution in [3.8, 4) is 22.3 Å². The van der Waals surface area contributed by atoms with E-state index >= 15 is 0 Å². The Labute approximate surface area is 301 Å². The van der Waals surface area contributed by atoms with E-state index < -0.39 is 0 Å². The smallest absolute Gasteiger partial charge is 0.0386 e. The Morgan fingerprint density at radius 3 is 2.18 bits per heavy atom. The molecule has 8 rings (SSSR count). The summed E-state index contributed by atoms with van der Waals surface area (Å²) in [6.07, 6.45) is 20.2. The van der Waals surface area contributed by atoms with Gasteiger partial charge in [0, 0.05) is 17.8 Å². The van der Waals surface area contributed by atoms with Gasteiger partial charge in [0.25, 0.3) is 0 Å². The molecule has 1 unspecified atom stereocenters. The van der Waals surface area contributed by atoms with Crippen molar-refractivity contribution in [2.75, 3.05) is 5.32 Å². The van der Waals surface area contributed by atoms with Crippen LogP contribution in [0, 0.1) is 0 Å². The van der Waals surface area contributed by atoms with Crippen LogP contribution in [0.4, 0.5) is 5.69 Å². The Morgan fingerprint density at radius 1 is 0.569 bits per heavy atom. The van der Waals surface area contributed by atoms with Gasteiger partial charge in [-0.25, -0.2) is 0 Å². The van der Waals surface area contributed by atoms with Gasteiger partial charge in [-0.2, -0.15) is 0 Å². The molecule has 0 saturated heterocycles. The van der Waals surface area contributed by atoms with Crippen molar-refractivity contribution in [2.45, 2.75) is 12.3 Å². The van der Waals surface area contributed by atoms with Crippen LogP contribution in [0.15, 0.2) is 207 Å². The first-order valence-electron chi connectivity index (χ1n) is 17.6. The topological polar surface area (TPSA) is 12.0 Å². The lowest BCUT2D eigenvalue weighted by molar-refractivity contribution is 1.02. The van der Waals surface area contributed by atoms with Gasteiger partial charge in [-0.1, -0.05) is 177 Å². The standard InChI is InChI=1S/C50H39N/c1-36-17-10-12-27-48(47-26-15-14-24-45(47)38-20-7-3-8-21-38)50-34-41(29-31-43(36)50)44(37-18-5-2-6-19-37)23-9-4-16-32-51-42-30-28-40-33-39-22-11-13-25-46(39)49(40)35-42/h2-32,34-35,48,51H,1,33H2/b9-4-,17-10-,27-12-,32-16+,44-23-. The zero-order valence-electron chi connectivity index (χ0n) is 28.5. The monoisotopic (exact) mass is 653 g/mol. The lowest BCUT2D eigenvalue weighted by atomic mass is 9.80. The van der Waals surface area contributed by atoms with Crippen LogP contribution in [0.25, 0.3) is 33.4 Å². The summed E-state index contributed by atoms with van der Waals surface area (Å²) in [6, 6.07) is 52.3. The molecule has 0 bridgehead atoms. The van der Waals surface area contributed by atoms with Crippen molar-refractivity contribution in [1.82, 2.24) is 0 Å². The predicted octanol–water partition coefficient (Wildman–Crippen LogP) is 12.8. The summed E-state index contributed by atoms with van der Waals surface area (Å²) in [4.78, 5) is 0. The molecule has 6 aromatic rings. The number of anilines is 1. The summed E-state index contributed by atoms with van der Waals surface area (Å²) in [6.45, 7) is 4.47. The minimum atomic E-state index is 0.0484. The van der Waals surface area contributed by atoms with Crippen LogP contribution in [0.1, 0.15) is 44.9 Å². The molecule has 0 fully saturated rings. The third-order valence-corrected chi connectivity index (χ3v) is 9.85. The molecular formula is C50H39N. The molecule has 0 spiro atoms. The number of rotatable bonds is 8. The fourth-order valence-corrected chi connectivity index (χ4v) is 7.35. The fourth-order valence-electron chi connectivity index (χ4n) is 7.35. The van der Waals surface area contributed by atoms with Gasteiger partial charge in [0.1, 0.15) is 0 Å². The van der Waals surface area contributed by atoms with Crippen LogP contribution >= 0.6 is 0 Å². The molecule has 0 saturated carbocycles. The van der Waals surface area contributed by atoms with Crippen LogP contribution in [-0.4, -0.2) is 0 Å². The summed E-state index contributed by atoms with van der Waals surface area (Å²) < 4.78 is 0. The minimum absolute atomic E-state index is 0.0484. The maximum Gasteiger partial charge on any atom is 0.0386 e. The number of allylic oxidation sites excluding steroid dienone is 9. The molecule has 6 aromatic carbocycles. The molecule has 2 aliphatic rings. The van der Waals surface area contributed by atoms with E-state index in [1.165, 1.54) is 55.6 Å². The Balaban J connectivity index is 1.11. The van der Waals surface area contributed by atoms with Crippen LogP contribution in [0.3, 0.4) is 0 Å². The SMILES string of the molecule is C=C1/C=C\C=C/C(c2ccccc2-c2ccccc2)c2cc(\C(=C/C=C\C=C\Nc3ccc4c(c3)-c3ccccc3C4)c3ccccc3)ccc21. The summed E-state index contributed by atoms with van der Waals surface area (Å²) in [7, 11) is 0. The normalized spacial score (nSPS) is 16.3. The second kappa shape index (κ2) is 14.6. The van der Waals surface area contributed by atoms with Gasteiger partial charge in [0.15, 0.2) is 0 Å². The molecule has 0 heterocycles. The molecule has 0 aromatic heterocycles. The Bertz CT molecular complexity index is 2370. The molecule has 1 atom stereocenters. The van der Waals surface area contributed by atoms with Crippen molar-refractivity contribution in [3.63, 3.8) is 0 Å². The number of nitrogens with one attached hydrogen (secondary N) is 1. The first-order chi connectivity index (χ1) is 25.2. The van der Waals surface area contributed by atoms with E-state index in [0.29, 0.717) is 0 Å². The average Bonchev–Trinajstić information content (AvgIpc) is 3.55. The van der Waals surface area contributed by atoms with Crippen LogP contribution in [0.5, 0.6) is 0 Å². The third-order valence-electron chi connectivity index (χ3n) is 9.85. The number of hydrogen-bond donors (Lipinski definition) is 1. The van der Waals surface area contributed by atoms with E-state index in [2.05, 4.69) is 206 Å². The van der Waals surface area contributed by atoms with E-state index in [4.69, 9.17) is 0 Å². The zero-order valence-corrected chi connectivity index (χ0v) is 28.5. The molecule has 1 heteroatoms. The molecule has 0 aliphatic heterocycles. The van der Waals surface area contributed by atoms with Gasteiger partial charge < -0.3 is 5.32 Å². The predicted molar refractivity (Wildman–Crippen MR) is 218 cm³/mol. The molecule has 0 radical (unpaired) electrons. The van der Waals surface area contributed by atoms with Gasteiger partial charge >= 0.3 is 0 Å². The van der Waals surface area contributed by atoms with Crippen molar-refractivity contribution in [1.29, 1.82) is 0 Å². The number of fused-ring (bicyclic) bond motifs is 4. The number of hydrogen-bond acceptors (Lipinski definition) is 1. The minimum Gasteiger partial charge on any atom is -0.362 e. The summed E-state index contributed by atoms with van der Waals surface area (Å²) in [5.41, 5.74) is 17.2. The average molecular weight is 654 g/mol. The summed E-state index contributed by atoms with van der Waals surface area (Å²) in [5.74, 6) is 0.0484. The Kier molecular flexibility index (Phi) is 9.09. The van der Waals surface area contributed by atoms with Gasteiger partial charge in [-0.3, -0.25) is 0 Å². The molecule has 0 amide bonds. The second-order valence-corrected chi connectivity index (χ2v) is 13.0. The lowest BCUT2D eigenvalue weighted by Crippen LogP contribution is -2.06. The van der Waals surface area contributed by atoms with Crippen molar-refractivity contribution < 1.29 is 0 Å². The molecule has 2 aliphatic carbocycles. The van der Waals surface area contributed by atoms with E-state index in [0.717, 1.165) is 28.8 Å². The Morgan fingerprint density at radius 2 is 1.31 bits per heavy atom. The highest BCUT2D eigenvalue weighted by Crippen LogP contribution is 2.41. The van der Waals surface area contributed by atoms with E-state index in [1.54, 1.807) is 0 Å². The van der Waals surface area contributed by atoms with Crippen LogP contribution in [-0.2, 0) is 6.42 Å². The Hall–Kier alpha value is -6.44. The molecule has 1 nitrogen and oxygen atoms in total. The van der Waals surface area contributed by atoms with E-state index in [1.807, 2.05) is 6.20 Å². The maximum atomic E-state index is 4.47. The highest BCUT2D eigenvalue weighted by molar-refractivity contribution is 5.85. The molecule has 1 N–H and O–H groups in total. The van der Waals surface area contributed by atoms with E-state index in [9.17, 15) is 0 Å². The second-order valence-electron chi connectivity index (χ2n) is 13.0. The first-order valence-corrected chi connectivity index (χ1v) is 17.6. The van der Waals surface area contributed by atoms with Gasteiger partial charge in [0.05, 0.1) is 0 Å². The van der Waals surface area contributed by atoms with Gasteiger partial charge in [-0.05, 0) is 103 Å². The maximum absolute atomic E-state index is 4.47. The van der Waals surface area contributed by atoms with Crippen molar-refractivity contribution in [3.05, 3.63) is 246 Å². The molecule has 244 valence electrons. The number of benzene rings is 6. The molecule has 51 heavy (non-hydrogen) atoms. The van der Waals surface area contributed by atoms with Crippen LogP contribution in [0.2, 0.25) is 0 Å². The highest BCUT2D eigenvalue weighted by atomic mass is 14.8. The van der Waals surface area contributed by atoms with Crippen molar-refractivity contribution in [2.24, 2.45) is 0 Å². The summed E-state index contributed by atoms with van der Waals surface area (Å²) >= 11 is 0. The summed E-state index contributed by atoms with van der Waals surface area (Å²) in [5, 5.41) is 3.47. The quantitative estimate of drug-likeness (QED) is 0.161. The van der Waals surface area contributed by atoms with E-state index in [-0.39, 0.29) is 5.92 Å². The van der Waals surface area contributed by atoms with Gasteiger partial charge in [0.2, 0.25) is 0 Å². The lowest BCUT2D eigenvalue weighted by Gasteiger charge is -2.24.